The average molecular weight is 311 g/mol. The first-order valence-corrected chi connectivity index (χ1v) is 8.01. The molecule has 4 nitrogen and oxygen atoms in total. The van der Waals surface area contributed by atoms with Gasteiger partial charge in [-0.2, -0.15) is 0 Å². The third-order valence-corrected chi connectivity index (χ3v) is 3.79. The number of carbonyl (C=O) groups excluding carboxylic acids is 1. The molecule has 3 N–H and O–H groups in total. The fourth-order valence-corrected chi connectivity index (χ4v) is 2.49. The molecule has 0 bridgehead atoms. The quantitative estimate of drug-likeness (QED) is 0.787. The highest BCUT2D eigenvalue weighted by Gasteiger charge is 2.11. The number of hydrogen-bond acceptors (Lipinski definition) is 3. The summed E-state index contributed by atoms with van der Waals surface area (Å²) in [7, 11) is 0. The van der Waals surface area contributed by atoms with Crippen molar-refractivity contribution in [3.63, 3.8) is 0 Å². The number of nitrogens with two attached hydrogens (primary N) is 1. The Labute approximate surface area is 138 Å². The van der Waals surface area contributed by atoms with E-state index in [0.717, 1.165) is 24.2 Å². The van der Waals surface area contributed by atoms with Gasteiger partial charge in [0.25, 0.3) is 0 Å². The Morgan fingerprint density at radius 3 is 2.43 bits per heavy atom. The smallest absolute Gasteiger partial charge is 0.238 e. The number of nitrogens with one attached hydrogen (secondary N) is 1. The summed E-state index contributed by atoms with van der Waals surface area (Å²) in [5, 5.41) is 2.98. The van der Waals surface area contributed by atoms with E-state index in [1.807, 2.05) is 49.4 Å². The molecule has 4 heteroatoms. The van der Waals surface area contributed by atoms with Gasteiger partial charge in [-0.25, -0.2) is 0 Å². The lowest BCUT2D eigenvalue weighted by atomic mass is 10.1. The number of amides is 1. The van der Waals surface area contributed by atoms with Gasteiger partial charge in [0, 0.05) is 25.3 Å². The molecule has 2 aromatic carbocycles. The molecule has 0 aliphatic rings. The molecule has 0 spiro atoms. The van der Waals surface area contributed by atoms with Gasteiger partial charge in [0.2, 0.25) is 5.91 Å². The second-order valence-corrected chi connectivity index (χ2v) is 5.66. The molecule has 0 saturated carbocycles. The van der Waals surface area contributed by atoms with E-state index in [9.17, 15) is 4.79 Å². The molecule has 2 aromatic rings. The Morgan fingerprint density at radius 2 is 1.74 bits per heavy atom. The van der Waals surface area contributed by atoms with Crippen LogP contribution >= 0.6 is 0 Å². The number of aryl methyl sites for hydroxylation is 1. The number of carbonyl (C=O) groups is 1. The Morgan fingerprint density at radius 1 is 1.04 bits per heavy atom. The molecule has 2 rings (SSSR count). The van der Waals surface area contributed by atoms with Crippen molar-refractivity contribution in [2.24, 2.45) is 5.73 Å². The minimum Gasteiger partial charge on any atom is -0.329 e. The molecule has 0 aliphatic carbocycles. The second kappa shape index (κ2) is 9.08. The maximum absolute atomic E-state index is 12.3. The number of hydrogen-bond donors (Lipinski definition) is 2. The van der Waals surface area contributed by atoms with E-state index < -0.39 is 0 Å². The van der Waals surface area contributed by atoms with Crippen molar-refractivity contribution in [1.82, 2.24) is 4.90 Å². The predicted octanol–water partition coefficient (Wildman–Crippen LogP) is 2.44. The first-order chi connectivity index (χ1) is 11.2. The first kappa shape index (κ1) is 17.2. The fourth-order valence-electron chi connectivity index (χ4n) is 2.49. The number of benzene rings is 2. The molecule has 0 unspecified atom stereocenters. The van der Waals surface area contributed by atoms with E-state index in [4.69, 9.17) is 5.73 Å². The van der Waals surface area contributed by atoms with Crippen molar-refractivity contribution in [1.29, 1.82) is 0 Å². The highest BCUT2D eigenvalue weighted by Crippen LogP contribution is 2.13. The molecule has 122 valence electrons. The van der Waals surface area contributed by atoms with E-state index >= 15 is 0 Å². The second-order valence-electron chi connectivity index (χ2n) is 5.66. The highest BCUT2D eigenvalue weighted by atomic mass is 16.2. The minimum atomic E-state index is 0.000752. The lowest BCUT2D eigenvalue weighted by Gasteiger charge is -2.21. The number of nitrogens with zero attached hydrogens (tertiary/aromatic N) is 1. The van der Waals surface area contributed by atoms with Crippen LogP contribution in [0, 0.1) is 6.92 Å². The van der Waals surface area contributed by atoms with E-state index in [1.54, 1.807) is 0 Å². The lowest BCUT2D eigenvalue weighted by molar-refractivity contribution is -0.117. The molecule has 23 heavy (non-hydrogen) atoms. The van der Waals surface area contributed by atoms with E-state index in [1.165, 1.54) is 5.56 Å². The van der Waals surface area contributed by atoms with Gasteiger partial charge < -0.3 is 11.1 Å². The monoisotopic (exact) mass is 311 g/mol. The van der Waals surface area contributed by atoms with Crippen LogP contribution in [0.5, 0.6) is 0 Å². The van der Waals surface area contributed by atoms with E-state index in [-0.39, 0.29) is 5.91 Å². The zero-order valence-electron chi connectivity index (χ0n) is 13.7. The van der Waals surface area contributed by atoms with Crippen LogP contribution in [0.15, 0.2) is 54.6 Å². The van der Waals surface area contributed by atoms with E-state index in [0.29, 0.717) is 19.6 Å². The Kier molecular flexibility index (Phi) is 6.78. The van der Waals surface area contributed by atoms with Gasteiger partial charge >= 0.3 is 0 Å². The summed E-state index contributed by atoms with van der Waals surface area (Å²) < 4.78 is 0. The van der Waals surface area contributed by atoms with Crippen LogP contribution in [-0.2, 0) is 11.2 Å². The summed E-state index contributed by atoms with van der Waals surface area (Å²) in [5.41, 5.74) is 8.88. The van der Waals surface area contributed by atoms with E-state index in [2.05, 4.69) is 22.3 Å². The normalized spacial score (nSPS) is 10.7. The van der Waals surface area contributed by atoms with Crippen LogP contribution in [0.1, 0.15) is 11.1 Å². The molecule has 0 fully saturated rings. The zero-order valence-corrected chi connectivity index (χ0v) is 13.7. The number of rotatable bonds is 8. The Balaban J connectivity index is 1.88. The summed E-state index contributed by atoms with van der Waals surface area (Å²) in [6, 6.07) is 18.1. The van der Waals surface area contributed by atoms with Gasteiger partial charge in [-0.15, -0.1) is 0 Å². The van der Waals surface area contributed by atoms with Crippen LogP contribution < -0.4 is 11.1 Å². The third kappa shape index (κ3) is 5.85. The summed E-state index contributed by atoms with van der Waals surface area (Å²) >= 11 is 0. The standard InChI is InChI=1S/C19H25N3O/c1-16-7-5-6-10-18(16)21-19(23)15-22(14-12-20)13-11-17-8-3-2-4-9-17/h2-10H,11-15,20H2,1H3,(H,21,23). The number of anilines is 1. The molecule has 0 saturated heterocycles. The third-order valence-electron chi connectivity index (χ3n) is 3.79. The Hall–Kier alpha value is -2.17. The largest absolute Gasteiger partial charge is 0.329 e. The highest BCUT2D eigenvalue weighted by molar-refractivity contribution is 5.92. The van der Waals surface area contributed by atoms with Gasteiger partial charge in [0.05, 0.1) is 6.54 Å². The van der Waals surface area contributed by atoms with Crippen molar-refractivity contribution in [2.75, 3.05) is 31.5 Å². The molecule has 0 aliphatic heterocycles. The number of para-hydroxylation sites is 1. The topological polar surface area (TPSA) is 58.4 Å². The molecule has 0 atom stereocenters. The maximum Gasteiger partial charge on any atom is 0.238 e. The van der Waals surface area contributed by atoms with Crippen LogP contribution in [0.4, 0.5) is 5.69 Å². The molecule has 1 amide bonds. The summed E-state index contributed by atoms with van der Waals surface area (Å²) in [4.78, 5) is 14.4. The van der Waals surface area contributed by atoms with Crippen LogP contribution in [0.3, 0.4) is 0 Å². The van der Waals surface area contributed by atoms with Crippen LogP contribution in [0.2, 0.25) is 0 Å². The minimum absolute atomic E-state index is 0.000752. The van der Waals surface area contributed by atoms with Gasteiger partial charge in [-0.1, -0.05) is 48.5 Å². The Bertz CT molecular complexity index is 613. The van der Waals surface area contributed by atoms with Gasteiger partial charge in [0.15, 0.2) is 0 Å². The summed E-state index contributed by atoms with van der Waals surface area (Å²) in [6.07, 6.45) is 0.915. The first-order valence-electron chi connectivity index (χ1n) is 8.01. The van der Waals surface area contributed by atoms with Crippen LogP contribution in [0.25, 0.3) is 0 Å². The van der Waals surface area contributed by atoms with Gasteiger partial charge in [-0.05, 0) is 30.5 Å². The predicted molar refractivity (Wildman–Crippen MR) is 95.4 cm³/mol. The van der Waals surface area contributed by atoms with Crippen molar-refractivity contribution in [3.8, 4) is 0 Å². The molecular weight excluding hydrogens is 286 g/mol. The SMILES string of the molecule is Cc1ccccc1NC(=O)CN(CCN)CCc1ccccc1. The molecular formula is C19H25N3O. The lowest BCUT2D eigenvalue weighted by Crippen LogP contribution is -2.38. The fraction of sp³-hybridized carbons (Fsp3) is 0.316. The van der Waals surface area contributed by atoms with Gasteiger partial charge in [-0.3, -0.25) is 9.69 Å². The van der Waals surface area contributed by atoms with Crippen LogP contribution in [-0.4, -0.2) is 37.0 Å². The molecule has 0 heterocycles. The molecule has 0 aromatic heterocycles. The molecule has 0 radical (unpaired) electrons. The zero-order chi connectivity index (χ0) is 16.5. The average Bonchev–Trinajstić information content (AvgIpc) is 2.56. The summed E-state index contributed by atoms with van der Waals surface area (Å²) in [5.74, 6) is 0.000752. The van der Waals surface area contributed by atoms with Crippen molar-refractivity contribution >= 4 is 11.6 Å². The van der Waals surface area contributed by atoms with Crippen molar-refractivity contribution in [2.45, 2.75) is 13.3 Å². The van der Waals surface area contributed by atoms with Crippen molar-refractivity contribution < 1.29 is 4.79 Å². The van der Waals surface area contributed by atoms with Gasteiger partial charge in [0.1, 0.15) is 0 Å². The summed E-state index contributed by atoms with van der Waals surface area (Å²) in [6.45, 7) is 4.43. The van der Waals surface area contributed by atoms with Crippen molar-refractivity contribution in [3.05, 3.63) is 65.7 Å². The maximum atomic E-state index is 12.3.